The average molecular weight is 526 g/mol. The van der Waals surface area contributed by atoms with E-state index in [9.17, 15) is 4.79 Å². The van der Waals surface area contributed by atoms with Crippen LogP contribution in [0.15, 0.2) is 42.5 Å². The van der Waals surface area contributed by atoms with Crippen molar-refractivity contribution in [3.63, 3.8) is 0 Å². The number of amides is 1. The summed E-state index contributed by atoms with van der Waals surface area (Å²) in [5, 5.41) is 6.33. The molecule has 0 spiro atoms. The van der Waals surface area contributed by atoms with Gasteiger partial charge in [0.15, 0.2) is 17.2 Å². The van der Waals surface area contributed by atoms with Crippen molar-refractivity contribution in [3.8, 4) is 22.6 Å². The molecule has 3 aliphatic heterocycles. The van der Waals surface area contributed by atoms with Crippen molar-refractivity contribution in [2.75, 3.05) is 18.5 Å². The zero-order chi connectivity index (χ0) is 25.9. The van der Waals surface area contributed by atoms with Gasteiger partial charge in [0.2, 0.25) is 5.91 Å². The van der Waals surface area contributed by atoms with Crippen LogP contribution in [0, 0.1) is 11.6 Å². The number of anilines is 1. The van der Waals surface area contributed by atoms with E-state index in [1.165, 1.54) is 12.1 Å². The van der Waals surface area contributed by atoms with Crippen molar-refractivity contribution >= 4 is 23.2 Å². The minimum Gasteiger partial charge on any atom is -0.486 e. The summed E-state index contributed by atoms with van der Waals surface area (Å²) in [5.41, 5.74) is 6.34. The quantitative estimate of drug-likeness (QED) is 0.438. The first kappa shape index (κ1) is 24.0. The summed E-state index contributed by atoms with van der Waals surface area (Å²) >= 11 is 6.54. The average Bonchev–Trinajstić information content (AvgIpc) is 3.55. The summed E-state index contributed by atoms with van der Waals surface area (Å²) in [6, 6.07) is 12.2. The standard InChI is InChI=1S/C28H26ClF2N3O3/c1-14-13-36-26-19(34-14)10-16(27(32)35)23(25(26)31)22-17-12-28(21-8-5-9-33-21,15-6-3-2-4-7-15)37-20(17)11-18(30)24(22)29/h2-4,6-7,10-11,14,21,33-34H,5,8-9,12-13H2,1H3,(H2,32,35)/t14-,21-,28-/m0/s1. The molecule has 6 nitrogen and oxygen atoms in total. The third-order valence-corrected chi connectivity index (χ3v) is 7.89. The summed E-state index contributed by atoms with van der Waals surface area (Å²) < 4.78 is 43.7. The lowest BCUT2D eigenvalue weighted by molar-refractivity contribution is 0.0539. The maximum atomic E-state index is 16.2. The van der Waals surface area contributed by atoms with E-state index in [1.807, 2.05) is 37.3 Å². The zero-order valence-corrected chi connectivity index (χ0v) is 20.9. The number of carbonyl (C=O) groups is 1. The Morgan fingerprint density at radius 1 is 1.19 bits per heavy atom. The van der Waals surface area contributed by atoms with E-state index < -0.39 is 23.1 Å². The van der Waals surface area contributed by atoms with E-state index in [-0.39, 0.29) is 51.9 Å². The third-order valence-electron chi connectivity index (χ3n) is 7.52. The largest absolute Gasteiger partial charge is 0.486 e. The number of hydrogen-bond donors (Lipinski definition) is 3. The summed E-state index contributed by atoms with van der Waals surface area (Å²) in [6.45, 7) is 2.92. The molecule has 37 heavy (non-hydrogen) atoms. The van der Waals surface area contributed by atoms with Crippen molar-refractivity contribution in [1.82, 2.24) is 5.32 Å². The molecular weight excluding hydrogens is 500 g/mol. The molecule has 0 radical (unpaired) electrons. The van der Waals surface area contributed by atoms with Crippen molar-refractivity contribution in [2.24, 2.45) is 5.73 Å². The van der Waals surface area contributed by atoms with Gasteiger partial charge in [-0.05, 0) is 37.9 Å². The molecule has 6 rings (SSSR count). The summed E-state index contributed by atoms with van der Waals surface area (Å²) in [7, 11) is 0. The number of benzene rings is 3. The van der Waals surface area contributed by atoms with E-state index in [0.29, 0.717) is 17.7 Å². The van der Waals surface area contributed by atoms with Crippen LogP contribution in [0.3, 0.4) is 0 Å². The van der Waals surface area contributed by atoms with E-state index >= 15 is 8.78 Å². The van der Waals surface area contributed by atoms with Crippen molar-refractivity contribution < 1.29 is 23.0 Å². The van der Waals surface area contributed by atoms with Gasteiger partial charge in [0.25, 0.3) is 0 Å². The van der Waals surface area contributed by atoms with Crippen LogP contribution in [0.5, 0.6) is 11.5 Å². The normalized spacial score (nSPS) is 24.0. The molecule has 0 bridgehead atoms. The number of ether oxygens (including phenoxy) is 2. The van der Waals surface area contributed by atoms with Crippen LogP contribution in [0.25, 0.3) is 11.1 Å². The Labute approximate surface area is 218 Å². The fourth-order valence-corrected chi connectivity index (χ4v) is 6.12. The Bertz CT molecular complexity index is 1410. The molecule has 1 amide bonds. The van der Waals surface area contributed by atoms with Gasteiger partial charge in [-0.1, -0.05) is 41.9 Å². The number of halogens is 3. The van der Waals surface area contributed by atoms with E-state index in [4.69, 9.17) is 26.8 Å². The van der Waals surface area contributed by atoms with Crippen LogP contribution in [0.2, 0.25) is 5.02 Å². The molecule has 3 heterocycles. The fraction of sp³-hybridized carbons (Fsp3) is 0.321. The van der Waals surface area contributed by atoms with Gasteiger partial charge in [-0.3, -0.25) is 4.79 Å². The molecule has 0 saturated carbocycles. The second kappa shape index (κ2) is 8.89. The minimum absolute atomic E-state index is 0.0575. The van der Waals surface area contributed by atoms with E-state index in [1.54, 1.807) is 0 Å². The second-order valence-electron chi connectivity index (χ2n) is 9.92. The van der Waals surface area contributed by atoms with Crippen LogP contribution < -0.4 is 25.8 Å². The summed E-state index contributed by atoms with van der Waals surface area (Å²) in [4.78, 5) is 12.6. The zero-order valence-electron chi connectivity index (χ0n) is 20.2. The molecule has 9 heteroatoms. The molecule has 3 aliphatic rings. The second-order valence-corrected chi connectivity index (χ2v) is 10.3. The number of primary amides is 1. The molecule has 3 aromatic carbocycles. The van der Waals surface area contributed by atoms with Gasteiger partial charge in [0.05, 0.1) is 28.4 Å². The first-order valence-corrected chi connectivity index (χ1v) is 12.7. The number of rotatable bonds is 4. The molecule has 1 saturated heterocycles. The van der Waals surface area contributed by atoms with Crippen LogP contribution in [-0.4, -0.2) is 31.1 Å². The molecular formula is C28H26ClF2N3O3. The predicted molar refractivity (Wildman–Crippen MR) is 137 cm³/mol. The van der Waals surface area contributed by atoms with E-state index in [2.05, 4.69) is 10.6 Å². The highest BCUT2D eigenvalue weighted by atomic mass is 35.5. The number of nitrogens with one attached hydrogen (secondary N) is 2. The third kappa shape index (κ3) is 3.73. The van der Waals surface area contributed by atoms with Crippen molar-refractivity contribution in [1.29, 1.82) is 0 Å². The van der Waals surface area contributed by atoms with Crippen molar-refractivity contribution in [2.45, 2.75) is 43.9 Å². The minimum atomic E-state index is -0.864. The lowest BCUT2D eigenvalue weighted by atomic mass is 9.80. The lowest BCUT2D eigenvalue weighted by Crippen LogP contribution is -2.48. The number of carbonyl (C=O) groups excluding carboxylic acids is 1. The van der Waals surface area contributed by atoms with Crippen molar-refractivity contribution in [3.05, 3.63) is 75.8 Å². The Kier molecular flexibility index (Phi) is 5.76. The summed E-state index contributed by atoms with van der Waals surface area (Å²) in [6.07, 6.45) is 2.12. The molecule has 0 unspecified atom stereocenters. The van der Waals surface area contributed by atoms with Crippen LogP contribution in [0.4, 0.5) is 14.5 Å². The number of hydrogen-bond acceptors (Lipinski definition) is 5. The maximum Gasteiger partial charge on any atom is 0.249 e. The van der Waals surface area contributed by atoms with Gasteiger partial charge in [0, 0.05) is 29.2 Å². The highest BCUT2D eigenvalue weighted by Crippen LogP contribution is 2.53. The molecule has 0 aliphatic carbocycles. The summed E-state index contributed by atoms with van der Waals surface area (Å²) in [5.74, 6) is -2.26. The number of fused-ring (bicyclic) bond motifs is 2. The van der Waals surface area contributed by atoms with Crippen LogP contribution in [0.1, 0.15) is 41.3 Å². The predicted octanol–water partition coefficient (Wildman–Crippen LogP) is 5.16. The van der Waals surface area contributed by atoms with Gasteiger partial charge in [0.1, 0.15) is 18.2 Å². The fourth-order valence-electron chi connectivity index (χ4n) is 5.86. The van der Waals surface area contributed by atoms with Crippen LogP contribution >= 0.6 is 11.6 Å². The smallest absolute Gasteiger partial charge is 0.249 e. The van der Waals surface area contributed by atoms with Gasteiger partial charge < -0.3 is 25.8 Å². The highest BCUT2D eigenvalue weighted by Gasteiger charge is 2.50. The number of nitrogens with two attached hydrogens (primary N) is 1. The maximum absolute atomic E-state index is 16.2. The Hall–Kier alpha value is -3.36. The first-order chi connectivity index (χ1) is 17.8. The molecule has 1 fully saturated rings. The molecule has 3 atom stereocenters. The molecule has 0 aromatic heterocycles. The Morgan fingerprint density at radius 2 is 1.97 bits per heavy atom. The highest BCUT2D eigenvalue weighted by molar-refractivity contribution is 6.34. The Balaban J connectivity index is 1.59. The van der Waals surface area contributed by atoms with Gasteiger partial charge in [-0.15, -0.1) is 0 Å². The van der Waals surface area contributed by atoms with Crippen LogP contribution in [-0.2, 0) is 12.0 Å². The monoisotopic (exact) mass is 525 g/mol. The van der Waals surface area contributed by atoms with Gasteiger partial charge >= 0.3 is 0 Å². The van der Waals surface area contributed by atoms with E-state index in [0.717, 1.165) is 24.9 Å². The molecule has 4 N–H and O–H groups in total. The van der Waals surface area contributed by atoms with Gasteiger partial charge in [-0.2, -0.15) is 0 Å². The first-order valence-electron chi connectivity index (χ1n) is 12.3. The topological polar surface area (TPSA) is 85.6 Å². The molecule has 192 valence electrons. The SMILES string of the molecule is C[C@H]1COc2c(cc(C(N)=O)c(-c3c(Cl)c(F)cc4c3C[C@](c3ccccc3)([C@@H]3CCCN3)O4)c2F)N1. The molecule has 3 aromatic rings. The lowest BCUT2D eigenvalue weighted by Gasteiger charge is -2.35. The van der Waals surface area contributed by atoms with Gasteiger partial charge in [-0.25, -0.2) is 8.78 Å². The Morgan fingerprint density at radius 3 is 2.68 bits per heavy atom.